The molecule has 1 N–H and O–H groups in total. The minimum absolute atomic E-state index is 0.213. The number of furan rings is 1. The third kappa shape index (κ3) is 2.23. The molecule has 0 aliphatic rings. The number of aryl methyl sites for hydroxylation is 1. The molecule has 0 aliphatic heterocycles. The van der Waals surface area contributed by atoms with Crippen LogP contribution >= 0.6 is 0 Å². The predicted octanol–water partition coefficient (Wildman–Crippen LogP) is 1.59. The van der Waals surface area contributed by atoms with Crippen LogP contribution in [0, 0.1) is 0 Å². The molecule has 0 bridgehead atoms. The van der Waals surface area contributed by atoms with E-state index >= 15 is 0 Å². The lowest BCUT2D eigenvalue weighted by Gasteiger charge is -1.99. The van der Waals surface area contributed by atoms with Gasteiger partial charge in [-0.15, -0.1) is 0 Å². The molecule has 0 fully saturated rings. The Morgan fingerprint density at radius 2 is 2.50 bits per heavy atom. The maximum atomic E-state index is 8.92. The van der Waals surface area contributed by atoms with Gasteiger partial charge in [-0.3, -0.25) is 0 Å². The van der Waals surface area contributed by atoms with E-state index in [1.807, 2.05) is 6.07 Å². The average Bonchev–Trinajstić information content (AvgIpc) is 2.34. The molecule has 1 atom stereocenters. The Balaban J connectivity index is 2.28. The second-order valence-electron chi connectivity index (χ2n) is 2.52. The lowest BCUT2D eigenvalue weighted by atomic mass is 10.1. The number of aliphatic hydroxyl groups is 1. The van der Waals surface area contributed by atoms with Crippen LogP contribution in [0.5, 0.6) is 0 Å². The van der Waals surface area contributed by atoms with Crippen molar-refractivity contribution in [3.05, 3.63) is 24.2 Å². The summed E-state index contributed by atoms with van der Waals surface area (Å²) in [5.41, 5.74) is 1.15. The van der Waals surface area contributed by atoms with Gasteiger partial charge in [0.1, 0.15) is 0 Å². The molecule has 0 amide bonds. The van der Waals surface area contributed by atoms with Gasteiger partial charge >= 0.3 is 0 Å². The van der Waals surface area contributed by atoms with E-state index in [9.17, 15) is 0 Å². The van der Waals surface area contributed by atoms with Gasteiger partial charge in [-0.2, -0.15) is 0 Å². The monoisotopic (exact) mass is 140 g/mol. The molecular weight excluding hydrogens is 128 g/mol. The smallest absolute Gasteiger partial charge is 0.0934 e. The zero-order valence-electron chi connectivity index (χ0n) is 6.08. The predicted molar refractivity (Wildman–Crippen MR) is 38.7 cm³/mol. The van der Waals surface area contributed by atoms with Crippen LogP contribution in [0.25, 0.3) is 0 Å². The van der Waals surface area contributed by atoms with Crippen LogP contribution in [-0.2, 0) is 6.42 Å². The van der Waals surface area contributed by atoms with Crippen molar-refractivity contribution in [3.8, 4) is 0 Å². The Labute approximate surface area is 60.5 Å². The van der Waals surface area contributed by atoms with Crippen LogP contribution < -0.4 is 0 Å². The van der Waals surface area contributed by atoms with Gasteiger partial charge in [-0.05, 0) is 31.4 Å². The number of hydrogen-bond acceptors (Lipinski definition) is 2. The fourth-order valence-electron chi connectivity index (χ4n) is 0.810. The fourth-order valence-corrected chi connectivity index (χ4v) is 0.810. The Bertz CT molecular complexity index is 165. The van der Waals surface area contributed by atoms with Gasteiger partial charge in [0.25, 0.3) is 0 Å². The van der Waals surface area contributed by atoms with Crippen molar-refractivity contribution in [1.82, 2.24) is 0 Å². The standard InChI is InChI=1S/C8H12O2/c1-7(9)2-3-8-4-5-10-6-8/h4-7,9H,2-3H2,1H3/t7-/m1/s1. The van der Waals surface area contributed by atoms with Crippen LogP contribution in [0.4, 0.5) is 0 Å². The van der Waals surface area contributed by atoms with Gasteiger partial charge < -0.3 is 9.52 Å². The van der Waals surface area contributed by atoms with E-state index in [1.165, 1.54) is 0 Å². The van der Waals surface area contributed by atoms with Gasteiger partial charge in [0, 0.05) is 0 Å². The molecular formula is C8H12O2. The van der Waals surface area contributed by atoms with E-state index in [1.54, 1.807) is 19.5 Å². The van der Waals surface area contributed by atoms with Crippen LogP contribution in [-0.4, -0.2) is 11.2 Å². The van der Waals surface area contributed by atoms with E-state index in [4.69, 9.17) is 9.52 Å². The Morgan fingerprint density at radius 1 is 1.70 bits per heavy atom. The first-order chi connectivity index (χ1) is 4.79. The minimum atomic E-state index is -0.213. The minimum Gasteiger partial charge on any atom is -0.472 e. The second kappa shape index (κ2) is 3.42. The summed E-state index contributed by atoms with van der Waals surface area (Å²) in [6, 6.07) is 1.92. The second-order valence-corrected chi connectivity index (χ2v) is 2.52. The van der Waals surface area contributed by atoms with Crippen LogP contribution in [0.1, 0.15) is 18.9 Å². The summed E-state index contributed by atoms with van der Waals surface area (Å²) in [6.45, 7) is 1.79. The molecule has 0 unspecified atom stereocenters. The molecule has 56 valence electrons. The topological polar surface area (TPSA) is 33.4 Å². The summed E-state index contributed by atoms with van der Waals surface area (Å²) in [5.74, 6) is 0. The number of hydrogen-bond donors (Lipinski definition) is 1. The molecule has 0 spiro atoms. The summed E-state index contributed by atoms with van der Waals surface area (Å²) in [7, 11) is 0. The van der Waals surface area contributed by atoms with Crippen molar-refractivity contribution in [3.63, 3.8) is 0 Å². The molecule has 0 aromatic carbocycles. The molecule has 0 saturated heterocycles. The average molecular weight is 140 g/mol. The van der Waals surface area contributed by atoms with E-state index in [-0.39, 0.29) is 6.10 Å². The number of aliphatic hydroxyl groups excluding tert-OH is 1. The molecule has 1 heterocycles. The highest BCUT2D eigenvalue weighted by Gasteiger charge is 1.97. The van der Waals surface area contributed by atoms with Gasteiger partial charge in [-0.1, -0.05) is 0 Å². The molecule has 2 heteroatoms. The third-order valence-corrected chi connectivity index (χ3v) is 1.43. The maximum absolute atomic E-state index is 8.92. The highest BCUT2D eigenvalue weighted by Crippen LogP contribution is 2.04. The van der Waals surface area contributed by atoms with Crippen molar-refractivity contribution in [1.29, 1.82) is 0 Å². The van der Waals surface area contributed by atoms with Gasteiger partial charge in [0.2, 0.25) is 0 Å². The van der Waals surface area contributed by atoms with Crippen molar-refractivity contribution in [2.24, 2.45) is 0 Å². The Hall–Kier alpha value is -0.760. The van der Waals surface area contributed by atoms with Crippen LogP contribution in [0.15, 0.2) is 23.0 Å². The molecule has 0 radical (unpaired) electrons. The fraction of sp³-hybridized carbons (Fsp3) is 0.500. The first kappa shape index (κ1) is 7.35. The largest absolute Gasteiger partial charge is 0.472 e. The maximum Gasteiger partial charge on any atom is 0.0934 e. The van der Waals surface area contributed by atoms with E-state index in [2.05, 4.69) is 0 Å². The van der Waals surface area contributed by atoms with Gasteiger partial charge in [0.15, 0.2) is 0 Å². The van der Waals surface area contributed by atoms with Crippen LogP contribution in [0.3, 0.4) is 0 Å². The molecule has 0 aliphatic carbocycles. The van der Waals surface area contributed by atoms with Crippen LogP contribution in [0.2, 0.25) is 0 Å². The van der Waals surface area contributed by atoms with Gasteiger partial charge in [0.05, 0.1) is 18.6 Å². The molecule has 1 rings (SSSR count). The summed E-state index contributed by atoms with van der Waals surface area (Å²) in [5, 5.41) is 8.92. The molecule has 1 aromatic rings. The summed E-state index contributed by atoms with van der Waals surface area (Å²) in [4.78, 5) is 0. The first-order valence-corrected chi connectivity index (χ1v) is 3.48. The SMILES string of the molecule is C[C@@H](O)CCc1ccoc1. The lowest BCUT2D eigenvalue weighted by Crippen LogP contribution is -2.00. The Kier molecular flexibility index (Phi) is 2.51. The highest BCUT2D eigenvalue weighted by molar-refractivity contribution is 5.05. The zero-order valence-corrected chi connectivity index (χ0v) is 6.08. The molecule has 0 saturated carbocycles. The third-order valence-electron chi connectivity index (χ3n) is 1.43. The molecule has 2 nitrogen and oxygen atoms in total. The normalized spacial score (nSPS) is 13.4. The number of rotatable bonds is 3. The zero-order chi connectivity index (χ0) is 7.40. The van der Waals surface area contributed by atoms with Crippen molar-refractivity contribution in [2.75, 3.05) is 0 Å². The van der Waals surface area contributed by atoms with Gasteiger partial charge in [-0.25, -0.2) is 0 Å². The van der Waals surface area contributed by atoms with E-state index in [0.29, 0.717) is 0 Å². The quantitative estimate of drug-likeness (QED) is 0.691. The van der Waals surface area contributed by atoms with E-state index in [0.717, 1.165) is 18.4 Å². The van der Waals surface area contributed by atoms with Crippen molar-refractivity contribution in [2.45, 2.75) is 25.9 Å². The summed E-state index contributed by atoms with van der Waals surface area (Å²) >= 11 is 0. The summed E-state index contributed by atoms with van der Waals surface area (Å²) < 4.78 is 4.87. The summed E-state index contributed by atoms with van der Waals surface area (Å²) in [6.07, 6.45) is 4.85. The lowest BCUT2D eigenvalue weighted by molar-refractivity contribution is 0.185. The first-order valence-electron chi connectivity index (χ1n) is 3.48. The van der Waals surface area contributed by atoms with E-state index < -0.39 is 0 Å². The molecule has 10 heavy (non-hydrogen) atoms. The molecule has 1 aromatic heterocycles. The van der Waals surface area contributed by atoms with Crippen molar-refractivity contribution < 1.29 is 9.52 Å². The Morgan fingerprint density at radius 3 is 3.00 bits per heavy atom. The highest BCUT2D eigenvalue weighted by atomic mass is 16.3. The van der Waals surface area contributed by atoms with Crippen molar-refractivity contribution >= 4 is 0 Å².